The average Bonchev–Trinajstić information content (AvgIpc) is 2.15. The molecule has 0 spiro atoms. The predicted molar refractivity (Wildman–Crippen MR) is 289 cm³/mol. The fourth-order valence-corrected chi connectivity index (χ4v) is 11.2. The largest absolute Gasteiger partial charge is 0.466 e. The van der Waals surface area contributed by atoms with Gasteiger partial charge in [0.25, 0.3) is 0 Å². The van der Waals surface area contributed by atoms with Gasteiger partial charge in [-0.3, -0.25) is 39.0 Å². The minimum Gasteiger partial charge on any atom is -0.466 e. The van der Waals surface area contributed by atoms with Gasteiger partial charge in [0.15, 0.2) is 0 Å². The third kappa shape index (κ3) is 16.0. The van der Waals surface area contributed by atoms with Crippen molar-refractivity contribution >= 4 is 36.4 Å². The zero-order valence-electron chi connectivity index (χ0n) is 46.2. The Balaban J connectivity index is 0.000000269. The van der Waals surface area contributed by atoms with E-state index in [1.165, 1.54) is 36.3 Å². The number of nitrogens with zero attached hydrogens (tertiary/aromatic N) is 4. The van der Waals surface area contributed by atoms with Gasteiger partial charge in [0.2, 0.25) is 11.8 Å². The van der Waals surface area contributed by atoms with Crippen LogP contribution in [0.1, 0.15) is 143 Å². The smallest absolute Gasteiger partial charge is 0.416 e. The van der Waals surface area contributed by atoms with Gasteiger partial charge in [0, 0.05) is 12.0 Å². The summed E-state index contributed by atoms with van der Waals surface area (Å²) < 4.78 is 184. The minimum absolute atomic E-state index is 0. The number of hydrogen-bond donors (Lipinski definition) is 1. The van der Waals surface area contributed by atoms with E-state index < -0.39 is 93.1 Å². The van der Waals surface area contributed by atoms with Gasteiger partial charge in [-0.2, -0.15) is 52.7 Å². The predicted octanol–water partition coefficient (Wildman–Crippen LogP) is 13.2. The number of ether oxygens (including phenoxy) is 4. The maximum Gasteiger partial charge on any atom is 0.416 e. The lowest BCUT2D eigenvalue weighted by molar-refractivity contribution is -0.150. The molecule has 4 aromatic carbocycles. The number of rotatable bonds is 18. The molecule has 4 aromatic rings. The number of amides is 2. The van der Waals surface area contributed by atoms with Gasteiger partial charge in [-0.15, -0.1) is 0 Å². The number of benzene rings is 4. The maximum absolute atomic E-state index is 13.4. The van der Waals surface area contributed by atoms with E-state index in [2.05, 4.69) is 15.3 Å². The monoisotopic (exact) mass is 1210 g/mol. The summed E-state index contributed by atoms with van der Waals surface area (Å²) in [4.78, 5) is 61.5. The highest BCUT2D eigenvalue weighted by atomic mass is 19.4. The summed E-state index contributed by atoms with van der Waals surface area (Å²) in [7, 11) is 0. The average molecular weight is 1210 g/mol. The molecule has 2 fully saturated rings. The molecule has 0 aromatic heterocycles. The Kier molecular flexibility index (Phi) is 21.2. The van der Waals surface area contributed by atoms with Crippen molar-refractivity contribution in [3.8, 4) is 0 Å². The molecular formula is C60H67F12N5O8. The van der Waals surface area contributed by atoms with Crippen LogP contribution in [-0.4, -0.2) is 103 Å². The number of hydrogen-bond acceptors (Lipinski definition) is 11. The molecule has 2 amide bonds. The van der Waals surface area contributed by atoms with Gasteiger partial charge >= 0.3 is 36.6 Å². The van der Waals surface area contributed by atoms with Crippen molar-refractivity contribution in [3.63, 3.8) is 0 Å². The second-order valence-corrected chi connectivity index (χ2v) is 21.4. The third-order valence-corrected chi connectivity index (χ3v) is 15.9. The van der Waals surface area contributed by atoms with Crippen molar-refractivity contribution in [3.05, 3.63) is 142 Å². The molecule has 4 atom stereocenters. The number of aliphatic imine (C=N–C) groups is 2. The van der Waals surface area contributed by atoms with Gasteiger partial charge in [-0.05, 0) is 125 Å². The summed E-state index contributed by atoms with van der Waals surface area (Å²) in [6.07, 6.45) is -17.2. The molecule has 0 bridgehead atoms. The Bertz CT molecular complexity index is 2740. The first-order valence-corrected chi connectivity index (χ1v) is 27.0. The Morgan fingerprint density at radius 1 is 0.541 bits per heavy atom. The van der Waals surface area contributed by atoms with Crippen LogP contribution < -0.4 is 5.32 Å². The van der Waals surface area contributed by atoms with Crippen molar-refractivity contribution in [1.29, 1.82) is 0 Å². The summed E-state index contributed by atoms with van der Waals surface area (Å²) in [6, 6.07) is 21.2. The van der Waals surface area contributed by atoms with Crippen LogP contribution in [-0.2, 0) is 73.8 Å². The van der Waals surface area contributed by atoms with Gasteiger partial charge in [0.05, 0.1) is 103 Å². The van der Waals surface area contributed by atoms with Crippen molar-refractivity contribution in [2.75, 3.05) is 46.1 Å². The molecule has 1 saturated carbocycles. The van der Waals surface area contributed by atoms with Gasteiger partial charge in [0.1, 0.15) is 13.1 Å². The van der Waals surface area contributed by atoms with Crippen molar-refractivity contribution in [2.24, 2.45) is 9.98 Å². The summed E-state index contributed by atoms with van der Waals surface area (Å²) in [6.45, 7) is 6.44. The van der Waals surface area contributed by atoms with E-state index in [0.29, 0.717) is 62.8 Å². The van der Waals surface area contributed by atoms with Crippen LogP contribution in [0.5, 0.6) is 0 Å². The Hall–Kier alpha value is -6.86. The molecule has 1 saturated heterocycles. The molecule has 25 heteroatoms. The molecule has 3 aliphatic heterocycles. The van der Waals surface area contributed by atoms with Crippen LogP contribution in [0.3, 0.4) is 0 Å². The molecule has 85 heavy (non-hydrogen) atoms. The van der Waals surface area contributed by atoms with Crippen molar-refractivity contribution in [1.82, 2.24) is 15.1 Å². The second-order valence-electron chi connectivity index (χ2n) is 21.4. The van der Waals surface area contributed by atoms with Crippen LogP contribution in [0.2, 0.25) is 0 Å². The Labute approximate surface area is 484 Å². The molecule has 13 nitrogen and oxygen atoms in total. The van der Waals surface area contributed by atoms with Crippen LogP contribution in [0, 0.1) is 0 Å². The minimum atomic E-state index is -4.98. The lowest BCUT2D eigenvalue weighted by Gasteiger charge is -2.50. The molecule has 4 aliphatic rings. The van der Waals surface area contributed by atoms with Crippen LogP contribution in [0.4, 0.5) is 52.7 Å². The third-order valence-electron chi connectivity index (χ3n) is 15.9. The SMILES string of the molecule is C.CCOC(=O)CC1(N2C=NCC2=O)CCC(CO[C@H](C)c2cc(C(F)(F)F)cc(C(F)(F)F)c2)(c2ccccc2)CC1.CCOC(=O)C[C@]1(N2C=NCC2=O)CC[C@@](CO[C@H](C)c2cc(C(F)(F)F)cc(C(F)(F)F)c2)(c2ccccc2)NC1. The number of halogens is 12. The molecular weight excluding hydrogens is 1150 g/mol. The Morgan fingerprint density at radius 2 is 0.918 bits per heavy atom. The quantitative estimate of drug-likeness (QED) is 0.0759. The number of nitrogens with one attached hydrogen (secondary N) is 1. The zero-order valence-corrected chi connectivity index (χ0v) is 46.2. The van der Waals surface area contributed by atoms with Crippen LogP contribution in [0.25, 0.3) is 0 Å². The topological polar surface area (TPSA) is 148 Å². The lowest BCUT2D eigenvalue weighted by Crippen LogP contribution is -2.65. The Morgan fingerprint density at radius 3 is 1.28 bits per heavy atom. The highest BCUT2D eigenvalue weighted by Gasteiger charge is 2.52. The van der Waals surface area contributed by atoms with Crippen molar-refractivity contribution < 1.29 is 90.8 Å². The molecule has 3 heterocycles. The van der Waals surface area contributed by atoms with E-state index in [4.69, 9.17) is 18.9 Å². The van der Waals surface area contributed by atoms with E-state index in [1.807, 2.05) is 42.5 Å². The van der Waals surface area contributed by atoms with Gasteiger partial charge < -0.3 is 24.3 Å². The fourth-order valence-electron chi connectivity index (χ4n) is 11.2. The van der Waals surface area contributed by atoms with Crippen LogP contribution in [0.15, 0.2) is 107 Å². The molecule has 0 unspecified atom stereocenters. The van der Waals surface area contributed by atoms with Gasteiger partial charge in [-0.1, -0.05) is 68.1 Å². The summed E-state index contributed by atoms with van der Waals surface area (Å²) in [5.74, 6) is -1.45. The summed E-state index contributed by atoms with van der Waals surface area (Å²) >= 11 is 0. The van der Waals surface area contributed by atoms with E-state index in [1.54, 1.807) is 32.0 Å². The summed E-state index contributed by atoms with van der Waals surface area (Å²) in [5.41, 5.74) is -7.99. The number of esters is 2. The zero-order chi connectivity index (χ0) is 61.5. The van der Waals surface area contributed by atoms with E-state index in [0.717, 1.165) is 11.1 Å². The number of piperidine rings is 1. The normalized spacial score (nSPS) is 23.4. The first-order valence-electron chi connectivity index (χ1n) is 27.0. The van der Waals surface area contributed by atoms with E-state index in [9.17, 15) is 71.9 Å². The van der Waals surface area contributed by atoms with Gasteiger partial charge in [-0.25, -0.2) is 0 Å². The van der Waals surface area contributed by atoms with E-state index in [-0.39, 0.29) is 101 Å². The van der Waals surface area contributed by atoms with E-state index >= 15 is 0 Å². The van der Waals surface area contributed by atoms with Crippen LogP contribution >= 0.6 is 0 Å². The molecule has 1 aliphatic carbocycles. The maximum atomic E-state index is 13.4. The molecule has 8 rings (SSSR count). The molecule has 1 N–H and O–H groups in total. The molecule has 464 valence electrons. The number of carbonyl (C=O) groups excluding carboxylic acids is 4. The first-order chi connectivity index (χ1) is 39.4. The number of carbonyl (C=O) groups is 4. The van der Waals surface area contributed by atoms with Crippen molar-refractivity contribution in [2.45, 2.75) is 145 Å². The second kappa shape index (κ2) is 26.8. The standard InChI is InChI=1S/C30H32F6N2O4.C29H31F6N3O4.CH4/c1-3-41-26(40)16-28(38-19-37-17-25(38)39)11-9-27(10-12-28,22-7-5-4-6-8-22)18-42-20(2)21-13-23(29(31,32)33)15-24(14-21)30(34,35)36;1-3-41-25(40)14-26(38-18-36-15-24(38)39)9-10-27(37-16-26,21-7-5-4-6-8-21)17-42-19(2)20-11-22(28(30,31)32)13-23(12-20)29(33,34)35;/h4-8,13-15,19-20H,3,9-12,16-18H2,1-2H3;4-8,11-13,18-19,37H,3,9-10,14-17H2,1-2H3;1H4/t20-,27?,28?;19-,26-,27-;/m11./s1. The first kappa shape index (κ1) is 67.3. The highest BCUT2D eigenvalue weighted by molar-refractivity contribution is 5.96. The lowest BCUT2D eigenvalue weighted by atomic mass is 9.63. The highest BCUT2D eigenvalue weighted by Crippen LogP contribution is 2.49. The fraction of sp³-hybridized carbons (Fsp3) is 0.500. The summed E-state index contributed by atoms with van der Waals surface area (Å²) in [5, 5.41) is 3.41. The number of alkyl halides is 12. The molecule has 0 radical (unpaired) electrons.